The zero-order valence-corrected chi connectivity index (χ0v) is 19.7. The summed E-state index contributed by atoms with van der Waals surface area (Å²) in [6, 6.07) is 17.3. The molecule has 0 aliphatic heterocycles. The lowest BCUT2D eigenvalue weighted by Gasteiger charge is -2.28. The highest BCUT2D eigenvalue weighted by atomic mass is 19.4. The number of alkyl halides is 3. The standard InChI is InChI=1S/C26H28F3N3O3/c1-30-14-6-9-23(30)18-32(17-20-7-4-3-5-8-20)24(33)19-31(15-16-35-2)25(34)21-10-12-22(13-11-21)26(27,28)29/h3-14H,15-19H2,1-2H3. The summed E-state index contributed by atoms with van der Waals surface area (Å²) in [7, 11) is 3.36. The SMILES string of the molecule is COCCN(CC(=O)N(Cc1ccccc1)Cc1cccn1C)C(=O)c1ccc(C(F)(F)F)cc1. The van der Waals surface area contributed by atoms with Crippen LogP contribution in [0.2, 0.25) is 0 Å². The Morgan fingerprint density at radius 2 is 1.60 bits per heavy atom. The summed E-state index contributed by atoms with van der Waals surface area (Å²) in [5, 5.41) is 0. The fourth-order valence-corrected chi connectivity index (χ4v) is 3.59. The topological polar surface area (TPSA) is 54.8 Å². The molecule has 0 fully saturated rings. The number of hydrogen-bond acceptors (Lipinski definition) is 3. The number of methoxy groups -OCH3 is 1. The van der Waals surface area contributed by atoms with E-state index in [9.17, 15) is 22.8 Å². The van der Waals surface area contributed by atoms with Gasteiger partial charge in [-0.2, -0.15) is 13.2 Å². The number of rotatable bonds is 10. The van der Waals surface area contributed by atoms with Crippen molar-refractivity contribution in [1.82, 2.24) is 14.4 Å². The first-order valence-electron chi connectivity index (χ1n) is 11.1. The van der Waals surface area contributed by atoms with Crippen molar-refractivity contribution in [2.75, 3.05) is 26.8 Å². The number of amides is 2. The molecule has 1 aromatic heterocycles. The largest absolute Gasteiger partial charge is 0.416 e. The van der Waals surface area contributed by atoms with Gasteiger partial charge in [0.15, 0.2) is 0 Å². The number of benzene rings is 2. The number of halogens is 3. The molecular weight excluding hydrogens is 459 g/mol. The average molecular weight is 488 g/mol. The molecule has 0 atom stereocenters. The number of carbonyl (C=O) groups is 2. The minimum Gasteiger partial charge on any atom is -0.383 e. The quantitative estimate of drug-likeness (QED) is 0.427. The van der Waals surface area contributed by atoms with E-state index in [2.05, 4.69) is 0 Å². The van der Waals surface area contributed by atoms with Crippen molar-refractivity contribution in [3.63, 3.8) is 0 Å². The fourth-order valence-electron chi connectivity index (χ4n) is 3.59. The van der Waals surface area contributed by atoms with Crippen LogP contribution < -0.4 is 0 Å². The van der Waals surface area contributed by atoms with Crippen LogP contribution >= 0.6 is 0 Å². The van der Waals surface area contributed by atoms with Gasteiger partial charge in [0, 0.05) is 44.7 Å². The predicted molar refractivity (Wildman–Crippen MR) is 125 cm³/mol. The van der Waals surface area contributed by atoms with Gasteiger partial charge < -0.3 is 19.1 Å². The van der Waals surface area contributed by atoms with E-state index in [1.807, 2.05) is 60.3 Å². The Morgan fingerprint density at radius 3 is 2.17 bits per heavy atom. The number of carbonyl (C=O) groups excluding carboxylic acids is 2. The molecule has 0 saturated carbocycles. The summed E-state index contributed by atoms with van der Waals surface area (Å²) in [4.78, 5) is 29.5. The number of nitrogens with zero attached hydrogens (tertiary/aromatic N) is 3. The molecule has 9 heteroatoms. The molecule has 0 N–H and O–H groups in total. The average Bonchev–Trinajstić information content (AvgIpc) is 3.25. The normalized spacial score (nSPS) is 11.3. The summed E-state index contributed by atoms with van der Waals surface area (Å²) in [6.45, 7) is 0.739. The van der Waals surface area contributed by atoms with Gasteiger partial charge in [-0.3, -0.25) is 9.59 Å². The minimum atomic E-state index is -4.50. The Kier molecular flexibility index (Phi) is 8.70. The van der Waals surface area contributed by atoms with Gasteiger partial charge in [0.2, 0.25) is 5.91 Å². The van der Waals surface area contributed by atoms with Gasteiger partial charge in [0.25, 0.3) is 5.91 Å². The highest BCUT2D eigenvalue weighted by Gasteiger charge is 2.31. The molecule has 0 aliphatic carbocycles. The van der Waals surface area contributed by atoms with E-state index in [4.69, 9.17) is 4.74 Å². The lowest BCUT2D eigenvalue weighted by Crippen LogP contribution is -2.44. The molecule has 0 radical (unpaired) electrons. The van der Waals surface area contributed by atoms with Crippen LogP contribution in [0.25, 0.3) is 0 Å². The van der Waals surface area contributed by atoms with E-state index in [1.165, 1.54) is 12.0 Å². The molecule has 0 saturated heterocycles. The second-order valence-corrected chi connectivity index (χ2v) is 8.14. The maximum atomic E-state index is 13.4. The lowest BCUT2D eigenvalue weighted by atomic mass is 10.1. The smallest absolute Gasteiger partial charge is 0.383 e. The van der Waals surface area contributed by atoms with Crippen LogP contribution in [0.1, 0.15) is 27.2 Å². The van der Waals surface area contributed by atoms with Crippen molar-refractivity contribution >= 4 is 11.8 Å². The number of ether oxygens (including phenoxy) is 1. The number of aryl methyl sites for hydroxylation is 1. The highest BCUT2D eigenvalue weighted by molar-refractivity contribution is 5.96. The molecule has 0 unspecified atom stereocenters. The van der Waals surface area contributed by atoms with Crippen molar-refractivity contribution in [1.29, 1.82) is 0 Å². The van der Waals surface area contributed by atoms with Crippen molar-refractivity contribution in [2.45, 2.75) is 19.3 Å². The third kappa shape index (κ3) is 7.19. The summed E-state index contributed by atoms with van der Waals surface area (Å²) in [6.07, 6.45) is -2.61. The third-order valence-electron chi connectivity index (χ3n) is 5.61. The zero-order valence-electron chi connectivity index (χ0n) is 19.7. The molecule has 186 valence electrons. The minimum absolute atomic E-state index is 0.0685. The van der Waals surface area contributed by atoms with Crippen LogP contribution in [-0.4, -0.2) is 53.0 Å². The van der Waals surface area contributed by atoms with Crippen molar-refractivity contribution in [3.8, 4) is 0 Å². The van der Waals surface area contributed by atoms with Crippen LogP contribution in [0.5, 0.6) is 0 Å². The maximum absolute atomic E-state index is 13.4. The van der Waals surface area contributed by atoms with E-state index < -0.39 is 17.6 Å². The Labute approximate surface area is 202 Å². The third-order valence-corrected chi connectivity index (χ3v) is 5.61. The van der Waals surface area contributed by atoms with E-state index >= 15 is 0 Å². The van der Waals surface area contributed by atoms with Gasteiger partial charge in [-0.1, -0.05) is 30.3 Å². The van der Waals surface area contributed by atoms with Gasteiger partial charge in [-0.05, 0) is 42.0 Å². The maximum Gasteiger partial charge on any atom is 0.416 e. The van der Waals surface area contributed by atoms with Gasteiger partial charge in [0.1, 0.15) is 6.54 Å². The Bertz CT molecular complexity index is 1110. The molecule has 6 nitrogen and oxygen atoms in total. The first kappa shape index (κ1) is 26.0. The Hall–Kier alpha value is -3.59. The molecule has 0 aliphatic rings. The lowest BCUT2D eigenvalue weighted by molar-refractivity contribution is -0.137. The fraction of sp³-hybridized carbons (Fsp3) is 0.308. The van der Waals surface area contributed by atoms with E-state index in [0.717, 1.165) is 35.5 Å². The van der Waals surface area contributed by atoms with Crippen molar-refractivity contribution in [2.24, 2.45) is 7.05 Å². The predicted octanol–water partition coefficient (Wildman–Crippen LogP) is 4.36. The van der Waals surface area contributed by atoms with Crippen molar-refractivity contribution in [3.05, 3.63) is 95.3 Å². The number of hydrogen-bond donors (Lipinski definition) is 0. The van der Waals surface area contributed by atoms with Crippen LogP contribution in [0.3, 0.4) is 0 Å². The summed E-state index contributed by atoms with van der Waals surface area (Å²) in [5.41, 5.74) is 1.09. The summed E-state index contributed by atoms with van der Waals surface area (Å²) < 4.78 is 45.7. The molecule has 0 bridgehead atoms. The van der Waals surface area contributed by atoms with Crippen LogP contribution in [-0.2, 0) is 35.8 Å². The molecule has 0 spiro atoms. The summed E-state index contributed by atoms with van der Waals surface area (Å²) in [5.74, 6) is -0.825. The van der Waals surface area contributed by atoms with Gasteiger partial charge >= 0.3 is 6.18 Å². The molecule has 2 aromatic carbocycles. The molecule has 3 rings (SSSR count). The van der Waals surface area contributed by atoms with E-state index in [-0.39, 0.29) is 31.2 Å². The van der Waals surface area contributed by atoms with Crippen LogP contribution in [0.4, 0.5) is 13.2 Å². The van der Waals surface area contributed by atoms with Gasteiger partial charge in [-0.25, -0.2) is 0 Å². The first-order chi connectivity index (χ1) is 16.7. The zero-order chi connectivity index (χ0) is 25.4. The Balaban J connectivity index is 1.81. The second kappa shape index (κ2) is 11.7. The first-order valence-corrected chi connectivity index (χ1v) is 11.1. The second-order valence-electron chi connectivity index (χ2n) is 8.14. The van der Waals surface area contributed by atoms with E-state index in [1.54, 1.807) is 4.90 Å². The molecular formula is C26H28F3N3O3. The van der Waals surface area contributed by atoms with Crippen molar-refractivity contribution < 1.29 is 27.5 Å². The highest BCUT2D eigenvalue weighted by Crippen LogP contribution is 2.29. The van der Waals surface area contributed by atoms with E-state index in [0.29, 0.717) is 13.1 Å². The molecule has 3 aromatic rings. The van der Waals surface area contributed by atoms with Gasteiger partial charge in [-0.15, -0.1) is 0 Å². The molecule has 1 heterocycles. The molecule has 35 heavy (non-hydrogen) atoms. The van der Waals surface area contributed by atoms with Crippen LogP contribution in [0.15, 0.2) is 72.9 Å². The monoisotopic (exact) mass is 487 g/mol. The Morgan fingerprint density at radius 1 is 0.914 bits per heavy atom. The number of aromatic nitrogens is 1. The molecule has 2 amide bonds. The van der Waals surface area contributed by atoms with Gasteiger partial charge in [0.05, 0.1) is 18.7 Å². The summed E-state index contributed by atoms with van der Waals surface area (Å²) >= 11 is 0. The van der Waals surface area contributed by atoms with Crippen LogP contribution in [0, 0.1) is 0 Å².